The van der Waals surface area contributed by atoms with E-state index in [0.29, 0.717) is 31.3 Å². The summed E-state index contributed by atoms with van der Waals surface area (Å²) in [6.45, 7) is 1.56. The molecule has 1 fully saturated rings. The fourth-order valence-electron chi connectivity index (χ4n) is 3.55. The van der Waals surface area contributed by atoms with Gasteiger partial charge in [-0.15, -0.1) is 0 Å². The summed E-state index contributed by atoms with van der Waals surface area (Å²) >= 11 is 0. The van der Waals surface area contributed by atoms with Gasteiger partial charge >= 0.3 is 0 Å². The number of benzene rings is 1. The molecule has 116 valence electrons. The third-order valence-corrected chi connectivity index (χ3v) is 4.63. The second-order valence-corrected chi connectivity index (χ2v) is 5.84. The quantitative estimate of drug-likeness (QED) is 0.931. The summed E-state index contributed by atoms with van der Waals surface area (Å²) in [5.74, 6) is 0.946. The summed E-state index contributed by atoms with van der Waals surface area (Å²) in [6.07, 6.45) is 4.82. The van der Waals surface area contributed by atoms with E-state index >= 15 is 0 Å². The molecule has 0 unspecified atom stereocenters. The molecule has 1 aliphatic carbocycles. The van der Waals surface area contributed by atoms with E-state index < -0.39 is 5.82 Å². The number of nitrogens with two attached hydrogens (primary N) is 1. The van der Waals surface area contributed by atoms with E-state index in [-0.39, 0.29) is 11.2 Å². The standard InChI is InChI=1S/C16H22FNO3/c1-19-14-11(17)9-12-15(21-8-4-7-20-12)13(14)16(10-18)5-2-3-6-16/h9H,2-8,10,18H2,1H3. The van der Waals surface area contributed by atoms with Crippen LogP contribution in [0.15, 0.2) is 6.07 Å². The van der Waals surface area contributed by atoms with Crippen LogP contribution in [0.2, 0.25) is 0 Å². The first kappa shape index (κ1) is 14.4. The van der Waals surface area contributed by atoms with E-state index in [4.69, 9.17) is 19.9 Å². The fraction of sp³-hybridized carbons (Fsp3) is 0.625. The molecule has 0 atom stereocenters. The lowest BCUT2D eigenvalue weighted by Gasteiger charge is -2.31. The molecule has 0 saturated heterocycles. The van der Waals surface area contributed by atoms with Gasteiger partial charge < -0.3 is 19.9 Å². The van der Waals surface area contributed by atoms with Gasteiger partial charge in [0.15, 0.2) is 23.1 Å². The van der Waals surface area contributed by atoms with E-state index in [1.807, 2.05) is 0 Å². The van der Waals surface area contributed by atoms with Gasteiger partial charge in [0.2, 0.25) is 0 Å². The van der Waals surface area contributed by atoms with E-state index in [1.165, 1.54) is 13.2 Å². The number of rotatable bonds is 3. The number of hydrogen-bond donors (Lipinski definition) is 1. The Bertz CT molecular complexity index is 527. The van der Waals surface area contributed by atoms with Crippen LogP contribution in [-0.4, -0.2) is 26.9 Å². The predicted molar refractivity (Wildman–Crippen MR) is 77.8 cm³/mol. The Labute approximate surface area is 124 Å². The molecule has 0 aromatic heterocycles. The van der Waals surface area contributed by atoms with Gasteiger partial charge in [-0.25, -0.2) is 4.39 Å². The molecule has 1 saturated carbocycles. The van der Waals surface area contributed by atoms with E-state index in [2.05, 4.69) is 0 Å². The minimum Gasteiger partial charge on any atom is -0.493 e. The zero-order valence-corrected chi connectivity index (χ0v) is 12.4. The van der Waals surface area contributed by atoms with Crippen molar-refractivity contribution < 1.29 is 18.6 Å². The summed E-state index contributed by atoms with van der Waals surface area (Å²) in [6, 6.07) is 1.36. The van der Waals surface area contributed by atoms with E-state index in [9.17, 15) is 4.39 Å². The molecule has 0 bridgehead atoms. The molecule has 21 heavy (non-hydrogen) atoms. The molecule has 4 nitrogen and oxygen atoms in total. The first-order valence-corrected chi connectivity index (χ1v) is 7.58. The molecule has 1 aromatic carbocycles. The average Bonchev–Trinajstić information content (AvgIpc) is 2.86. The highest BCUT2D eigenvalue weighted by Crippen LogP contribution is 2.52. The normalized spacial score (nSPS) is 20.1. The fourth-order valence-corrected chi connectivity index (χ4v) is 3.55. The molecule has 0 radical (unpaired) electrons. The number of fused-ring (bicyclic) bond motifs is 1. The first-order chi connectivity index (χ1) is 10.2. The topological polar surface area (TPSA) is 53.7 Å². The number of ether oxygens (including phenoxy) is 3. The molecule has 3 rings (SSSR count). The summed E-state index contributed by atoms with van der Waals surface area (Å²) in [4.78, 5) is 0. The maximum absolute atomic E-state index is 14.4. The Morgan fingerprint density at radius 3 is 2.62 bits per heavy atom. The summed E-state index contributed by atoms with van der Waals surface area (Å²) in [5.41, 5.74) is 6.57. The minimum absolute atomic E-state index is 0.256. The summed E-state index contributed by atoms with van der Waals surface area (Å²) in [7, 11) is 1.49. The molecule has 1 heterocycles. The maximum Gasteiger partial charge on any atom is 0.169 e. The van der Waals surface area contributed by atoms with Crippen molar-refractivity contribution in [3.63, 3.8) is 0 Å². The highest BCUT2D eigenvalue weighted by molar-refractivity contribution is 5.59. The van der Waals surface area contributed by atoms with Gasteiger partial charge in [-0.1, -0.05) is 12.8 Å². The first-order valence-electron chi connectivity index (χ1n) is 7.58. The van der Waals surface area contributed by atoms with Gasteiger partial charge in [0.1, 0.15) is 0 Å². The van der Waals surface area contributed by atoms with Crippen LogP contribution in [0.1, 0.15) is 37.7 Å². The van der Waals surface area contributed by atoms with Crippen LogP contribution < -0.4 is 19.9 Å². The highest BCUT2D eigenvalue weighted by Gasteiger charge is 2.42. The minimum atomic E-state index is -0.406. The Balaban J connectivity index is 2.22. The Morgan fingerprint density at radius 1 is 1.24 bits per heavy atom. The zero-order chi connectivity index (χ0) is 14.9. The van der Waals surface area contributed by atoms with E-state index in [0.717, 1.165) is 37.7 Å². The van der Waals surface area contributed by atoms with Crippen LogP contribution >= 0.6 is 0 Å². The molecular weight excluding hydrogens is 273 g/mol. The van der Waals surface area contributed by atoms with Gasteiger partial charge in [-0.2, -0.15) is 0 Å². The van der Waals surface area contributed by atoms with Crippen molar-refractivity contribution in [3.8, 4) is 17.2 Å². The van der Waals surface area contributed by atoms with E-state index in [1.54, 1.807) is 0 Å². The van der Waals surface area contributed by atoms with Crippen LogP contribution in [0.4, 0.5) is 4.39 Å². The molecule has 5 heteroatoms. The number of halogens is 1. The molecule has 0 spiro atoms. The Morgan fingerprint density at radius 2 is 1.95 bits per heavy atom. The number of methoxy groups -OCH3 is 1. The molecular formula is C16H22FNO3. The second kappa shape index (κ2) is 5.72. The third kappa shape index (κ3) is 2.33. The lowest BCUT2D eigenvalue weighted by atomic mass is 9.77. The number of hydrogen-bond acceptors (Lipinski definition) is 4. The second-order valence-electron chi connectivity index (χ2n) is 5.84. The SMILES string of the molecule is COc1c(F)cc2c(c1C1(CN)CCCC1)OCCCO2. The van der Waals surface area contributed by atoms with Gasteiger partial charge in [-0.3, -0.25) is 0 Å². The van der Waals surface area contributed by atoms with Crippen molar-refractivity contribution in [1.82, 2.24) is 0 Å². The summed E-state index contributed by atoms with van der Waals surface area (Å²) in [5, 5.41) is 0. The third-order valence-electron chi connectivity index (χ3n) is 4.63. The smallest absolute Gasteiger partial charge is 0.169 e. The monoisotopic (exact) mass is 295 g/mol. The molecule has 0 amide bonds. The van der Waals surface area contributed by atoms with Crippen LogP contribution in [0.5, 0.6) is 17.2 Å². The van der Waals surface area contributed by atoms with Gasteiger partial charge in [0.05, 0.1) is 25.9 Å². The predicted octanol–water partition coefficient (Wildman–Crippen LogP) is 2.77. The molecule has 2 N–H and O–H groups in total. The zero-order valence-electron chi connectivity index (χ0n) is 12.4. The van der Waals surface area contributed by atoms with Crippen molar-refractivity contribution in [1.29, 1.82) is 0 Å². The summed E-state index contributed by atoms with van der Waals surface area (Å²) < 4.78 is 31.3. The van der Waals surface area contributed by atoms with Crippen LogP contribution in [0.25, 0.3) is 0 Å². The van der Waals surface area contributed by atoms with Crippen LogP contribution in [0, 0.1) is 5.82 Å². The lowest BCUT2D eigenvalue weighted by Crippen LogP contribution is -2.33. The van der Waals surface area contributed by atoms with Crippen LogP contribution in [0.3, 0.4) is 0 Å². The van der Waals surface area contributed by atoms with Gasteiger partial charge in [0.25, 0.3) is 0 Å². The van der Waals surface area contributed by atoms with Crippen molar-refractivity contribution in [2.24, 2.45) is 5.73 Å². The van der Waals surface area contributed by atoms with Crippen molar-refractivity contribution in [2.75, 3.05) is 26.9 Å². The van der Waals surface area contributed by atoms with Crippen molar-refractivity contribution >= 4 is 0 Å². The molecule has 1 aromatic rings. The molecule has 1 aliphatic heterocycles. The van der Waals surface area contributed by atoms with Gasteiger partial charge in [0, 0.05) is 24.4 Å². The largest absolute Gasteiger partial charge is 0.493 e. The Hall–Kier alpha value is -1.49. The van der Waals surface area contributed by atoms with Crippen molar-refractivity contribution in [3.05, 3.63) is 17.4 Å². The van der Waals surface area contributed by atoms with Crippen LogP contribution in [-0.2, 0) is 5.41 Å². The lowest BCUT2D eigenvalue weighted by molar-refractivity contribution is 0.289. The van der Waals surface area contributed by atoms with Gasteiger partial charge in [-0.05, 0) is 12.8 Å². The highest BCUT2D eigenvalue weighted by atomic mass is 19.1. The maximum atomic E-state index is 14.4. The van der Waals surface area contributed by atoms with Crippen molar-refractivity contribution in [2.45, 2.75) is 37.5 Å². The average molecular weight is 295 g/mol. The Kier molecular flexibility index (Phi) is 3.93. The molecule has 2 aliphatic rings.